The second kappa shape index (κ2) is 6.90. The normalized spacial score (nSPS) is 11.8. The third-order valence-electron chi connectivity index (χ3n) is 3.37. The van der Waals surface area contributed by atoms with E-state index in [4.69, 9.17) is 5.73 Å². The summed E-state index contributed by atoms with van der Waals surface area (Å²) in [4.78, 5) is 0.334. The van der Waals surface area contributed by atoms with E-state index in [-0.39, 0.29) is 0 Å². The topological polar surface area (TPSA) is 63.4 Å². The maximum Gasteiger partial charge on any atom is 0.243 e. The SMILES string of the molecule is C=CCN(CC)S(=O)(=O)c1cc(CC)cc(N)c1CC. The minimum absolute atomic E-state index is 0.304. The van der Waals surface area contributed by atoms with E-state index in [1.165, 1.54) is 4.31 Å². The molecule has 4 nitrogen and oxygen atoms in total. The van der Waals surface area contributed by atoms with Gasteiger partial charge in [0, 0.05) is 18.8 Å². The molecule has 0 saturated heterocycles. The molecule has 0 bridgehead atoms. The maximum absolute atomic E-state index is 12.8. The smallest absolute Gasteiger partial charge is 0.243 e. The summed E-state index contributed by atoms with van der Waals surface area (Å²) in [6, 6.07) is 3.61. The molecular weight excluding hydrogens is 272 g/mol. The number of likely N-dealkylation sites (N-methyl/N-ethyl adjacent to an activating group) is 1. The van der Waals surface area contributed by atoms with E-state index >= 15 is 0 Å². The highest BCUT2D eigenvalue weighted by atomic mass is 32.2. The van der Waals surface area contributed by atoms with Crippen LogP contribution in [0.5, 0.6) is 0 Å². The van der Waals surface area contributed by atoms with Crippen molar-refractivity contribution in [2.75, 3.05) is 18.8 Å². The quantitative estimate of drug-likeness (QED) is 0.621. The van der Waals surface area contributed by atoms with Gasteiger partial charge >= 0.3 is 0 Å². The lowest BCUT2D eigenvalue weighted by Gasteiger charge is -2.22. The third-order valence-corrected chi connectivity index (χ3v) is 5.38. The Morgan fingerprint density at radius 2 is 1.90 bits per heavy atom. The third kappa shape index (κ3) is 3.22. The molecule has 0 radical (unpaired) electrons. The molecule has 0 aliphatic heterocycles. The second-order valence-electron chi connectivity index (χ2n) is 4.61. The number of aryl methyl sites for hydroxylation is 1. The Kier molecular flexibility index (Phi) is 5.77. The molecule has 20 heavy (non-hydrogen) atoms. The molecule has 1 aromatic rings. The fourth-order valence-corrected chi connectivity index (χ4v) is 4.01. The summed E-state index contributed by atoms with van der Waals surface area (Å²) in [5, 5.41) is 0. The van der Waals surface area contributed by atoms with E-state index in [1.54, 1.807) is 12.1 Å². The molecule has 1 rings (SSSR count). The molecule has 0 atom stereocenters. The molecule has 0 fully saturated rings. The van der Waals surface area contributed by atoms with Gasteiger partial charge in [-0.05, 0) is 36.1 Å². The zero-order valence-electron chi connectivity index (χ0n) is 12.5. The van der Waals surface area contributed by atoms with Crippen molar-refractivity contribution in [1.82, 2.24) is 4.31 Å². The molecule has 0 saturated carbocycles. The molecule has 1 aromatic carbocycles. The molecule has 0 amide bonds. The summed E-state index contributed by atoms with van der Waals surface area (Å²) in [6.45, 7) is 10.1. The van der Waals surface area contributed by atoms with Crippen LogP contribution >= 0.6 is 0 Å². The second-order valence-corrected chi connectivity index (χ2v) is 6.52. The predicted octanol–water partition coefficient (Wildman–Crippen LogP) is 2.59. The largest absolute Gasteiger partial charge is 0.398 e. The molecule has 0 aliphatic carbocycles. The van der Waals surface area contributed by atoms with Gasteiger partial charge in [-0.3, -0.25) is 0 Å². The molecular formula is C15H24N2O2S. The zero-order chi connectivity index (χ0) is 15.3. The Balaban J connectivity index is 3.50. The number of hydrogen-bond donors (Lipinski definition) is 1. The van der Waals surface area contributed by atoms with Crippen LogP contribution in [-0.4, -0.2) is 25.8 Å². The first-order chi connectivity index (χ1) is 9.42. The standard InChI is InChI=1S/C15H24N2O2S/c1-5-9-17(8-4)20(18,19)15-11-12(6-2)10-14(16)13(15)7-3/h5,10-11H,1,6-9,16H2,2-4H3. The molecule has 0 aliphatic rings. The van der Waals surface area contributed by atoms with Crippen molar-refractivity contribution >= 4 is 15.7 Å². The van der Waals surface area contributed by atoms with Crippen molar-refractivity contribution < 1.29 is 8.42 Å². The van der Waals surface area contributed by atoms with Gasteiger partial charge in [0.1, 0.15) is 0 Å². The Labute approximate surface area is 122 Å². The number of nitrogens with zero attached hydrogens (tertiary/aromatic N) is 1. The summed E-state index contributed by atoms with van der Waals surface area (Å²) in [6.07, 6.45) is 2.94. The average Bonchev–Trinajstić information content (AvgIpc) is 2.43. The summed E-state index contributed by atoms with van der Waals surface area (Å²) in [7, 11) is -3.53. The molecule has 0 heterocycles. The Morgan fingerprint density at radius 1 is 1.25 bits per heavy atom. The van der Waals surface area contributed by atoms with Gasteiger partial charge in [0.05, 0.1) is 4.90 Å². The maximum atomic E-state index is 12.8. The molecule has 112 valence electrons. The minimum atomic E-state index is -3.53. The van der Waals surface area contributed by atoms with E-state index in [2.05, 4.69) is 6.58 Å². The summed E-state index contributed by atoms with van der Waals surface area (Å²) in [5.41, 5.74) is 8.21. The molecule has 5 heteroatoms. The van der Waals surface area contributed by atoms with Gasteiger partial charge in [0.15, 0.2) is 0 Å². The average molecular weight is 296 g/mol. The fraction of sp³-hybridized carbons (Fsp3) is 0.467. The number of rotatable bonds is 7. The molecule has 0 unspecified atom stereocenters. The summed E-state index contributed by atoms with van der Waals surface area (Å²) >= 11 is 0. The van der Waals surface area contributed by atoms with Gasteiger partial charge in [0.2, 0.25) is 10.0 Å². The number of anilines is 1. The van der Waals surface area contributed by atoms with Gasteiger partial charge in [-0.1, -0.05) is 26.8 Å². The lowest BCUT2D eigenvalue weighted by molar-refractivity contribution is 0.459. The highest BCUT2D eigenvalue weighted by Crippen LogP contribution is 2.27. The van der Waals surface area contributed by atoms with E-state index < -0.39 is 10.0 Å². The summed E-state index contributed by atoms with van der Waals surface area (Å²) < 4.78 is 27.0. The van der Waals surface area contributed by atoms with Crippen LogP contribution in [0.3, 0.4) is 0 Å². The van der Waals surface area contributed by atoms with E-state index in [0.29, 0.717) is 35.7 Å². The number of sulfonamides is 1. The lowest BCUT2D eigenvalue weighted by atomic mass is 10.1. The van der Waals surface area contributed by atoms with Crippen LogP contribution in [-0.2, 0) is 22.9 Å². The van der Waals surface area contributed by atoms with Gasteiger partial charge in [-0.2, -0.15) is 4.31 Å². The van der Waals surface area contributed by atoms with Gasteiger partial charge < -0.3 is 5.73 Å². The first kappa shape index (κ1) is 16.7. The first-order valence-electron chi connectivity index (χ1n) is 6.94. The van der Waals surface area contributed by atoms with Crippen molar-refractivity contribution in [3.05, 3.63) is 35.9 Å². The van der Waals surface area contributed by atoms with Crippen LogP contribution in [0.4, 0.5) is 5.69 Å². The predicted molar refractivity (Wildman–Crippen MR) is 84.2 cm³/mol. The first-order valence-corrected chi connectivity index (χ1v) is 8.38. The van der Waals surface area contributed by atoms with Crippen LogP contribution in [0.1, 0.15) is 31.9 Å². The van der Waals surface area contributed by atoms with Gasteiger partial charge in [-0.25, -0.2) is 8.42 Å². The van der Waals surface area contributed by atoms with Crippen molar-refractivity contribution in [2.45, 2.75) is 38.5 Å². The van der Waals surface area contributed by atoms with Crippen molar-refractivity contribution in [3.8, 4) is 0 Å². The summed E-state index contributed by atoms with van der Waals surface area (Å²) in [5.74, 6) is 0. The van der Waals surface area contributed by atoms with Crippen LogP contribution in [0, 0.1) is 0 Å². The fourth-order valence-electron chi connectivity index (χ4n) is 2.22. The van der Waals surface area contributed by atoms with Gasteiger partial charge in [-0.15, -0.1) is 6.58 Å². The highest BCUT2D eigenvalue weighted by molar-refractivity contribution is 7.89. The number of nitrogen functional groups attached to an aromatic ring is 1. The Hall–Kier alpha value is -1.33. The van der Waals surface area contributed by atoms with E-state index in [1.807, 2.05) is 26.8 Å². The Morgan fingerprint density at radius 3 is 2.35 bits per heavy atom. The van der Waals surface area contributed by atoms with Crippen LogP contribution in [0.25, 0.3) is 0 Å². The zero-order valence-corrected chi connectivity index (χ0v) is 13.3. The monoisotopic (exact) mass is 296 g/mol. The van der Waals surface area contributed by atoms with Crippen molar-refractivity contribution in [1.29, 1.82) is 0 Å². The number of benzene rings is 1. The molecule has 2 N–H and O–H groups in total. The van der Waals surface area contributed by atoms with Crippen LogP contribution < -0.4 is 5.73 Å². The van der Waals surface area contributed by atoms with Crippen LogP contribution in [0.2, 0.25) is 0 Å². The number of hydrogen-bond acceptors (Lipinski definition) is 3. The van der Waals surface area contributed by atoms with Gasteiger partial charge in [0.25, 0.3) is 0 Å². The minimum Gasteiger partial charge on any atom is -0.398 e. The molecule has 0 aromatic heterocycles. The highest BCUT2D eigenvalue weighted by Gasteiger charge is 2.26. The lowest BCUT2D eigenvalue weighted by Crippen LogP contribution is -2.32. The molecule has 0 spiro atoms. The van der Waals surface area contributed by atoms with E-state index in [0.717, 1.165) is 12.0 Å². The van der Waals surface area contributed by atoms with Crippen LogP contribution in [0.15, 0.2) is 29.7 Å². The van der Waals surface area contributed by atoms with Crippen molar-refractivity contribution in [3.63, 3.8) is 0 Å². The number of nitrogens with two attached hydrogens (primary N) is 1. The Bertz CT molecular complexity index is 580. The van der Waals surface area contributed by atoms with E-state index in [9.17, 15) is 8.42 Å². The van der Waals surface area contributed by atoms with Crippen molar-refractivity contribution in [2.24, 2.45) is 0 Å².